The number of amides is 2. The Morgan fingerprint density at radius 2 is 2.11 bits per heavy atom. The first-order chi connectivity index (χ1) is 8.97. The van der Waals surface area contributed by atoms with Crippen molar-refractivity contribution in [2.24, 2.45) is 0 Å². The smallest absolute Gasteiger partial charge is 0.326 e. The van der Waals surface area contributed by atoms with Crippen LogP contribution in [0.25, 0.3) is 0 Å². The molecule has 0 aliphatic rings. The Bertz CT molecular complexity index is 282. The fourth-order valence-electron chi connectivity index (χ4n) is 1.11. The molecule has 0 aromatic heterocycles. The van der Waals surface area contributed by atoms with Crippen LogP contribution >= 0.6 is 11.8 Å². The second-order valence-electron chi connectivity index (χ2n) is 3.54. The normalized spacial score (nSPS) is 12.2. The second kappa shape index (κ2) is 10.8. The summed E-state index contributed by atoms with van der Waals surface area (Å²) in [5.74, 6) is -0.507. The molecule has 0 rings (SSSR count). The maximum absolute atomic E-state index is 11.7. The SMILES string of the molecule is CSCC[C@@H](NC(=O)NCCOCC(F)F)C(=O)O. The van der Waals surface area contributed by atoms with Crippen molar-refractivity contribution >= 4 is 23.8 Å². The Morgan fingerprint density at radius 3 is 2.63 bits per heavy atom. The van der Waals surface area contributed by atoms with Crippen molar-refractivity contribution in [3.05, 3.63) is 0 Å². The highest BCUT2D eigenvalue weighted by molar-refractivity contribution is 7.98. The van der Waals surface area contributed by atoms with Crippen LogP contribution in [0, 0.1) is 0 Å². The minimum atomic E-state index is -2.54. The predicted octanol–water partition coefficient (Wildman–Crippen LogP) is 0.774. The number of urea groups is 1. The van der Waals surface area contributed by atoms with Gasteiger partial charge in [-0.3, -0.25) is 0 Å². The highest BCUT2D eigenvalue weighted by Gasteiger charge is 2.18. The van der Waals surface area contributed by atoms with Gasteiger partial charge in [0.1, 0.15) is 12.6 Å². The molecule has 3 N–H and O–H groups in total. The van der Waals surface area contributed by atoms with Crippen molar-refractivity contribution in [1.82, 2.24) is 10.6 Å². The van der Waals surface area contributed by atoms with Crippen LogP contribution in [-0.2, 0) is 9.53 Å². The molecule has 0 fully saturated rings. The van der Waals surface area contributed by atoms with Crippen LogP contribution in [0.15, 0.2) is 0 Å². The summed E-state index contributed by atoms with van der Waals surface area (Å²) in [5.41, 5.74) is 0. The van der Waals surface area contributed by atoms with Crippen LogP contribution in [0.1, 0.15) is 6.42 Å². The van der Waals surface area contributed by atoms with Gasteiger partial charge in [0.05, 0.1) is 6.61 Å². The Hall–Kier alpha value is -1.09. The number of carboxylic acids is 1. The molecule has 0 heterocycles. The molecular weight excluding hydrogens is 282 g/mol. The molecule has 0 aliphatic heterocycles. The number of nitrogens with one attached hydrogen (secondary N) is 2. The van der Waals surface area contributed by atoms with Crippen molar-refractivity contribution in [3.63, 3.8) is 0 Å². The lowest BCUT2D eigenvalue weighted by atomic mass is 10.2. The fraction of sp³-hybridized carbons (Fsp3) is 0.800. The average molecular weight is 300 g/mol. The molecule has 1 atom stereocenters. The number of halogens is 2. The largest absolute Gasteiger partial charge is 0.480 e. The summed E-state index contributed by atoms with van der Waals surface area (Å²) in [6, 6.07) is -1.62. The highest BCUT2D eigenvalue weighted by atomic mass is 32.2. The van der Waals surface area contributed by atoms with E-state index in [9.17, 15) is 18.4 Å². The van der Waals surface area contributed by atoms with Crippen molar-refractivity contribution < 1.29 is 28.2 Å². The van der Waals surface area contributed by atoms with E-state index in [1.165, 1.54) is 11.8 Å². The number of carbonyl (C=O) groups is 2. The van der Waals surface area contributed by atoms with E-state index in [0.29, 0.717) is 12.2 Å². The lowest BCUT2D eigenvalue weighted by Crippen LogP contribution is -2.47. The first kappa shape index (κ1) is 17.9. The van der Waals surface area contributed by atoms with Gasteiger partial charge in [0.15, 0.2) is 0 Å². The predicted molar refractivity (Wildman–Crippen MR) is 67.8 cm³/mol. The summed E-state index contributed by atoms with van der Waals surface area (Å²) < 4.78 is 28.0. The Balaban J connectivity index is 3.77. The van der Waals surface area contributed by atoms with Crippen LogP contribution in [0.5, 0.6) is 0 Å². The van der Waals surface area contributed by atoms with E-state index in [1.54, 1.807) is 0 Å². The second-order valence-corrected chi connectivity index (χ2v) is 4.52. The lowest BCUT2D eigenvalue weighted by molar-refractivity contribution is -0.139. The molecule has 0 bridgehead atoms. The average Bonchev–Trinajstić information content (AvgIpc) is 2.33. The first-order valence-corrected chi connectivity index (χ1v) is 6.98. The number of hydrogen-bond acceptors (Lipinski definition) is 4. The summed E-state index contributed by atoms with van der Waals surface area (Å²) in [6.45, 7) is -0.706. The van der Waals surface area contributed by atoms with Crippen LogP contribution < -0.4 is 10.6 Å². The van der Waals surface area contributed by atoms with E-state index in [-0.39, 0.29) is 13.2 Å². The van der Waals surface area contributed by atoms with Gasteiger partial charge in [-0.05, 0) is 18.4 Å². The summed E-state index contributed by atoms with van der Waals surface area (Å²) in [4.78, 5) is 22.2. The number of carboxylic acid groups (broad SMARTS) is 1. The molecule has 19 heavy (non-hydrogen) atoms. The van der Waals surface area contributed by atoms with Crippen LogP contribution in [-0.4, -0.2) is 61.3 Å². The molecule has 0 saturated carbocycles. The number of hydrogen-bond donors (Lipinski definition) is 3. The van der Waals surface area contributed by atoms with Gasteiger partial charge in [0, 0.05) is 6.54 Å². The van der Waals surface area contributed by atoms with Gasteiger partial charge in [-0.2, -0.15) is 11.8 Å². The van der Waals surface area contributed by atoms with Crippen LogP contribution in [0.4, 0.5) is 13.6 Å². The van der Waals surface area contributed by atoms with E-state index in [2.05, 4.69) is 15.4 Å². The van der Waals surface area contributed by atoms with E-state index in [1.807, 2.05) is 6.26 Å². The lowest BCUT2D eigenvalue weighted by Gasteiger charge is -2.14. The minimum absolute atomic E-state index is 0.0351. The maximum Gasteiger partial charge on any atom is 0.326 e. The number of ether oxygens (including phenoxy) is 1. The highest BCUT2D eigenvalue weighted by Crippen LogP contribution is 2.00. The van der Waals surface area contributed by atoms with E-state index >= 15 is 0 Å². The van der Waals surface area contributed by atoms with Gasteiger partial charge in [-0.1, -0.05) is 0 Å². The number of rotatable bonds is 10. The number of aliphatic carboxylic acids is 1. The minimum Gasteiger partial charge on any atom is -0.480 e. The van der Waals surface area contributed by atoms with Gasteiger partial charge >= 0.3 is 12.0 Å². The molecule has 0 saturated heterocycles. The topological polar surface area (TPSA) is 87.7 Å². The summed E-state index contributed by atoms with van der Waals surface area (Å²) in [5, 5.41) is 13.5. The zero-order valence-corrected chi connectivity index (χ0v) is 11.3. The summed E-state index contributed by atoms with van der Waals surface area (Å²) in [7, 11) is 0. The Morgan fingerprint density at radius 1 is 1.42 bits per heavy atom. The zero-order valence-electron chi connectivity index (χ0n) is 10.5. The van der Waals surface area contributed by atoms with Gasteiger partial charge in [0.25, 0.3) is 6.43 Å². The molecule has 0 radical (unpaired) electrons. The number of thioether (sulfide) groups is 1. The molecule has 0 aromatic carbocycles. The van der Waals surface area contributed by atoms with Crippen molar-refractivity contribution in [1.29, 1.82) is 0 Å². The van der Waals surface area contributed by atoms with Gasteiger partial charge < -0.3 is 20.5 Å². The monoisotopic (exact) mass is 300 g/mol. The number of carbonyl (C=O) groups excluding carboxylic acids is 1. The fourth-order valence-corrected chi connectivity index (χ4v) is 1.58. The molecule has 0 aromatic rings. The van der Waals surface area contributed by atoms with E-state index in [4.69, 9.17) is 5.11 Å². The molecule has 2 amide bonds. The van der Waals surface area contributed by atoms with E-state index < -0.39 is 31.1 Å². The van der Waals surface area contributed by atoms with E-state index in [0.717, 1.165) is 0 Å². The molecule has 6 nitrogen and oxygen atoms in total. The first-order valence-electron chi connectivity index (χ1n) is 5.59. The van der Waals surface area contributed by atoms with Gasteiger partial charge in [0.2, 0.25) is 0 Å². The molecular formula is C10H18F2N2O4S. The molecule has 0 unspecified atom stereocenters. The maximum atomic E-state index is 11.7. The third-order valence-corrected chi connectivity index (χ3v) is 2.63. The van der Waals surface area contributed by atoms with Crippen molar-refractivity contribution in [2.45, 2.75) is 18.9 Å². The third kappa shape index (κ3) is 10.5. The molecule has 112 valence electrons. The molecule has 0 spiro atoms. The third-order valence-electron chi connectivity index (χ3n) is 1.99. The Labute approximate surface area is 114 Å². The van der Waals surface area contributed by atoms with Crippen molar-refractivity contribution in [2.75, 3.05) is 31.8 Å². The zero-order chi connectivity index (χ0) is 14.7. The van der Waals surface area contributed by atoms with Crippen LogP contribution in [0.2, 0.25) is 0 Å². The number of alkyl halides is 2. The van der Waals surface area contributed by atoms with Gasteiger partial charge in [-0.15, -0.1) is 0 Å². The van der Waals surface area contributed by atoms with Crippen molar-refractivity contribution in [3.8, 4) is 0 Å². The van der Waals surface area contributed by atoms with Gasteiger partial charge in [-0.25, -0.2) is 18.4 Å². The summed E-state index contributed by atoms with van der Waals surface area (Å²) >= 11 is 1.48. The quantitative estimate of drug-likeness (QED) is 0.519. The summed E-state index contributed by atoms with van der Waals surface area (Å²) in [6.07, 6.45) is -0.401. The standard InChI is InChI=1S/C10H18F2N2O4S/c1-19-5-2-7(9(15)16)14-10(17)13-3-4-18-6-8(11)12/h7-8H,2-6H2,1H3,(H,15,16)(H2,13,14,17)/t7-/m1/s1. The molecule has 9 heteroatoms. The molecule has 0 aliphatic carbocycles. The van der Waals surface area contributed by atoms with Crippen LogP contribution in [0.3, 0.4) is 0 Å². The Kier molecular flexibility index (Phi) is 10.2.